The molecule has 180 valence electrons. The fourth-order valence-electron chi connectivity index (χ4n) is 5.54. The Balaban J connectivity index is 2.04. The molecule has 0 radical (unpaired) electrons. The lowest BCUT2D eigenvalue weighted by Crippen LogP contribution is -2.73. The van der Waals surface area contributed by atoms with Gasteiger partial charge in [-0.05, 0) is 25.0 Å². The quantitative estimate of drug-likeness (QED) is 0.357. The van der Waals surface area contributed by atoms with Crippen molar-refractivity contribution >= 4 is 11.9 Å². The predicted octanol–water partition coefficient (Wildman–Crippen LogP) is 3.99. The van der Waals surface area contributed by atoms with Gasteiger partial charge in [0.15, 0.2) is 11.0 Å². The van der Waals surface area contributed by atoms with Gasteiger partial charge in [0.05, 0.1) is 32.8 Å². The number of rotatable bonds is 6. The van der Waals surface area contributed by atoms with E-state index in [4.69, 9.17) is 24.0 Å². The summed E-state index contributed by atoms with van der Waals surface area (Å²) in [5.74, 6) is -3.44. The average molecular weight is 460 g/mol. The molecule has 2 aliphatic rings. The molecular weight excluding hydrogens is 426 g/mol. The summed E-state index contributed by atoms with van der Waals surface area (Å²) >= 11 is 0. The zero-order chi connectivity index (χ0) is 24.9. The summed E-state index contributed by atoms with van der Waals surface area (Å²) in [6, 6.07) is 9.51. The molecule has 33 heavy (non-hydrogen) atoms. The maximum absolute atomic E-state index is 12.4. The van der Waals surface area contributed by atoms with E-state index in [1.807, 2.05) is 12.1 Å². The summed E-state index contributed by atoms with van der Waals surface area (Å²) in [5, 5.41) is 9.96. The third kappa shape index (κ3) is 3.37. The van der Waals surface area contributed by atoms with Crippen molar-refractivity contribution in [1.29, 1.82) is 5.26 Å². The first-order valence-corrected chi connectivity index (χ1v) is 10.9. The summed E-state index contributed by atoms with van der Waals surface area (Å²) in [7, 11) is 2.40. The van der Waals surface area contributed by atoms with Crippen LogP contribution in [-0.2, 0) is 39.4 Å². The summed E-state index contributed by atoms with van der Waals surface area (Å²) in [4.78, 5) is 36.4. The molecule has 0 N–H and O–H groups in total. The van der Waals surface area contributed by atoms with Crippen molar-refractivity contribution in [3.8, 4) is 6.07 Å². The molecule has 8 nitrogen and oxygen atoms in total. The highest BCUT2D eigenvalue weighted by molar-refractivity contribution is 5.99. The van der Waals surface area contributed by atoms with E-state index < -0.39 is 34.7 Å². The zero-order valence-electron chi connectivity index (χ0n) is 20.6. The van der Waals surface area contributed by atoms with Gasteiger partial charge in [-0.1, -0.05) is 52.8 Å². The van der Waals surface area contributed by atoms with Gasteiger partial charge in [-0.15, -0.1) is 0 Å². The number of esters is 2. The van der Waals surface area contributed by atoms with E-state index in [-0.39, 0.29) is 17.3 Å². The SMILES string of the molecule is COC(=O)C(C)(CC(C#N)c1cccc(C23OCC(C)(C)C2(C(C)(C)C)OO3)c1)C(=O)OC. The number of carbonyl (C=O) groups excluding carboxylic acids is 2. The van der Waals surface area contributed by atoms with Gasteiger partial charge in [0.1, 0.15) is 0 Å². The van der Waals surface area contributed by atoms with Crippen LogP contribution in [0.2, 0.25) is 0 Å². The highest BCUT2D eigenvalue weighted by Crippen LogP contribution is 2.69. The lowest BCUT2D eigenvalue weighted by atomic mass is 9.57. The number of benzene rings is 1. The Morgan fingerprint density at radius 2 is 1.73 bits per heavy atom. The van der Waals surface area contributed by atoms with Gasteiger partial charge in [-0.2, -0.15) is 10.1 Å². The van der Waals surface area contributed by atoms with Crippen molar-refractivity contribution in [2.75, 3.05) is 20.8 Å². The van der Waals surface area contributed by atoms with Crippen LogP contribution in [0, 0.1) is 27.6 Å². The lowest BCUT2D eigenvalue weighted by Gasteiger charge is -2.61. The van der Waals surface area contributed by atoms with Gasteiger partial charge in [-0.25, -0.2) is 4.89 Å². The van der Waals surface area contributed by atoms with Crippen molar-refractivity contribution in [3.05, 3.63) is 35.4 Å². The van der Waals surface area contributed by atoms with E-state index in [0.717, 1.165) is 0 Å². The van der Waals surface area contributed by atoms with Crippen LogP contribution >= 0.6 is 0 Å². The molecule has 8 heteroatoms. The molecule has 3 unspecified atom stereocenters. The van der Waals surface area contributed by atoms with Gasteiger partial charge >= 0.3 is 11.9 Å². The Morgan fingerprint density at radius 1 is 1.12 bits per heavy atom. The molecule has 0 spiro atoms. The van der Waals surface area contributed by atoms with E-state index >= 15 is 0 Å². The van der Waals surface area contributed by atoms with Crippen LogP contribution in [0.25, 0.3) is 0 Å². The van der Waals surface area contributed by atoms with Crippen LogP contribution in [-0.4, -0.2) is 38.4 Å². The Kier molecular flexibility index (Phi) is 6.16. The van der Waals surface area contributed by atoms with Crippen LogP contribution in [0.5, 0.6) is 0 Å². The van der Waals surface area contributed by atoms with Crippen LogP contribution in [0.15, 0.2) is 24.3 Å². The van der Waals surface area contributed by atoms with Crippen molar-refractivity contribution in [1.82, 2.24) is 0 Å². The maximum atomic E-state index is 12.4. The Labute approximate surface area is 195 Å². The zero-order valence-corrected chi connectivity index (χ0v) is 20.6. The normalized spacial score (nSPS) is 27.0. The molecular formula is C25H33NO7. The summed E-state index contributed by atoms with van der Waals surface area (Å²) in [6.07, 6.45) is -0.104. The minimum Gasteiger partial charge on any atom is -0.468 e. The summed E-state index contributed by atoms with van der Waals surface area (Å²) in [6.45, 7) is 12.3. The second-order valence-corrected chi connectivity index (χ2v) is 10.7. The second-order valence-electron chi connectivity index (χ2n) is 10.7. The topological polar surface area (TPSA) is 104 Å². The van der Waals surface area contributed by atoms with E-state index in [1.165, 1.54) is 21.1 Å². The van der Waals surface area contributed by atoms with Crippen LogP contribution in [0.4, 0.5) is 0 Å². The molecule has 2 heterocycles. The van der Waals surface area contributed by atoms with Gasteiger partial charge < -0.3 is 14.2 Å². The Hall–Kier alpha value is -2.47. The van der Waals surface area contributed by atoms with Gasteiger partial charge in [-0.3, -0.25) is 9.59 Å². The molecule has 0 aromatic heterocycles. The van der Waals surface area contributed by atoms with Gasteiger partial charge in [0.2, 0.25) is 0 Å². The molecule has 0 saturated carbocycles. The number of nitrogens with zero attached hydrogens (tertiary/aromatic N) is 1. The molecule has 1 aromatic carbocycles. The number of ether oxygens (including phenoxy) is 3. The van der Waals surface area contributed by atoms with Crippen LogP contribution in [0.3, 0.4) is 0 Å². The lowest BCUT2D eigenvalue weighted by molar-refractivity contribution is -0.626. The van der Waals surface area contributed by atoms with Gasteiger partial charge in [0, 0.05) is 16.4 Å². The minimum atomic E-state index is -1.63. The summed E-state index contributed by atoms with van der Waals surface area (Å²) < 4.78 is 15.9. The Bertz CT molecular complexity index is 973. The fraction of sp³-hybridized carbons (Fsp3) is 0.640. The summed E-state index contributed by atoms with van der Waals surface area (Å²) in [5.41, 5.74) is -1.73. The molecule has 2 fully saturated rings. The van der Waals surface area contributed by atoms with Crippen LogP contribution < -0.4 is 0 Å². The van der Waals surface area contributed by atoms with E-state index in [1.54, 1.807) is 12.1 Å². The van der Waals surface area contributed by atoms with E-state index in [0.29, 0.717) is 17.7 Å². The van der Waals surface area contributed by atoms with E-state index in [2.05, 4.69) is 40.7 Å². The third-order valence-electron chi connectivity index (χ3n) is 7.10. The molecule has 0 amide bonds. The fourth-order valence-corrected chi connectivity index (χ4v) is 5.54. The van der Waals surface area contributed by atoms with Crippen molar-refractivity contribution in [2.24, 2.45) is 16.2 Å². The second kappa shape index (κ2) is 8.08. The molecule has 2 saturated heterocycles. The molecule has 0 aliphatic carbocycles. The number of nitriles is 1. The number of hydrogen-bond donors (Lipinski definition) is 0. The number of carbonyl (C=O) groups is 2. The number of methoxy groups -OCH3 is 2. The van der Waals surface area contributed by atoms with Gasteiger partial charge in [0.25, 0.3) is 5.79 Å². The first kappa shape index (κ1) is 25.2. The largest absolute Gasteiger partial charge is 0.468 e. The molecule has 0 bridgehead atoms. The highest BCUT2D eigenvalue weighted by Gasteiger charge is 2.81. The first-order valence-electron chi connectivity index (χ1n) is 10.9. The third-order valence-corrected chi connectivity index (χ3v) is 7.10. The smallest absolute Gasteiger partial charge is 0.322 e. The minimum absolute atomic E-state index is 0.104. The molecule has 2 aliphatic heterocycles. The first-order chi connectivity index (χ1) is 15.3. The monoisotopic (exact) mass is 459 g/mol. The highest BCUT2D eigenvalue weighted by atomic mass is 17.3. The molecule has 3 rings (SSSR count). The Morgan fingerprint density at radius 3 is 2.18 bits per heavy atom. The van der Waals surface area contributed by atoms with Crippen molar-refractivity contribution < 1.29 is 33.6 Å². The van der Waals surface area contributed by atoms with Crippen molar-refractivity contribution in [3.63, 3.8) is 0 Å². The molecule has 3 atom stereocenters. The average Bonchev–Trinajstić information content (AvgIpc) is 2.91. The maximum Gasteiger partial charge on any atom is 0.322 e. The standard InChI is InChI=1S/C25H33NO7/c1-21(2,3)25-22(4,5)15-31-24(25,32-33-25)18-11-9-10-16(12-18)17(14-26)13-23(6,19(27)29-7)20(28)30-8/h9-12,17H,13,15H2,1-8H3. The molecule has 1 aromatic rings. The predicted molar refractivity (Wildman–Crippen MR) is 117 cm³/mol. The van der Waals surface area contributed by atoms with Crippen molar-refractivity contribution in [2.45, 2.75) is 65.3 Å². The number of fused-ring (bicyclic) bond motifs is 1. The number of hydrogen-bond acceptors (Lipinski definition) is 8. The van der Waals surface area contributed by atoms with Crippen LogP contribution in [0.1, 0.15) is 65.0 Å². The van der Waals surface area contributed by atoms with E-state index in [9.17, 15) is 14.9 Å².